The average molecular weight is 295 g/mol. The summed E-state index contributed by atoms with van der Waals surface area (Å²) in [6.07, 6.45) is 0. The van der Waals surface area contributed by atoms with E-state index < -0.39 is 17.0 Å². The summed E-state index contributed by atoms with van der Waals surface area (Å²) < 4.78 is 0.901. The quantitative estimate of drug-likeness (QED) is 0.712. The number of carbonyl (C=O) groups excluding carboxylic acids is 1. The standard InChI is InChI=1S/C12H11ClN4O3/c13-7-1-2-8(14)9(5-7)15-11(19)6-17-12(20)4-3-10(18)16-17/h1-5H,6,14H2,(H,15,19)(H,16,18). The van der Waals surface area contributed by atoms with Crippen LogP contribution in [0.15, 0.2) is 39.9 Å². The third kappa shape index (κ3) is 3.27. The van der Waals surface area contributed by atoms with Crippen molar-refractivity contribution in [1.82, 2.24) is 9.78 Å². The number of amides is 1. The van der Waals surface area contributed by atoms with E-state index in [9.17, 15) is 14.4 Å². The maximum absolute atomic E-state index is 11.8. The number of hydrogen-bond donors (Lipinski definition) is 3. The first-order chi connectivity index (χ1) is 9.45. The van der Waals surface area contributed by atoms with Crippen LogP contribution in [0.4, 0.5) is 11.4 Å². The Kier molecular flexibility index (Phi) is 3.90. The van der Waals surface area contributed by atoms with E-state index in [2.05, 4.69) is 10.4 Å². The van der Waals surface area contributed by atoms with Crippen LogP contribution in [0.25, 0.3) is 0 Å². The minimum absolute atomic E-state index is 0.332. The van der Waals surface area contributed by atoms with Gasteiger partial charge in [-0.3, -0.25) is 19.5 Å². The zero-order valence-electron chi connectivity index (χ0n) is 10.2. The van der Waals surface area contributed by atoms with Gasteiger partial charge in [-0.05, 0) is 18.2 Å². The number of H-pyrrole nitrogens is 1. The first kappa shape index (κ1) is 13.9. The molecule has 4 N–H and O–H groups in total. The second-order valence-electron chi connectivity index (χ2n) is 4.01. The van der Waals surface area contributed by atoms with E-state index in [0.717, 1.165) is 16.8 Å². The average Bonchev–Trinajstić information content (AvgIpc) is 2.38. The fourth-order valence-corrected chi connectivity index (χ4v) is 1.72. The Hall–Kier alpha value is -2.54. The van der Waals surface area contributed by atoms with Crippen molar-refractivity contribution in [2.45, 2.75) is 6.54 Å². The molecule has 7 nitrogen and oxygen atoms in total. The highest BCUT2D eigenvalue weighted by Crippen LogP contribution is 2.22. The summed E-state index contributed by atoms with van der Waals surface area (Å²) in [4.78, 5) is 34.4. The Balaban J connectivity index is 2.17. The number of aromatic nitrogens is 2. The highest BCUT2D eigenvalue weighted by atomic mass is 35.5. The molecule has 0 fully saturated rings. The molecule has 1 amide bonds. The zero-order chi connectivity index (χ0) is 14.7. The Morgan fingerprint density at radius 2 is 2.05 bits per heavy atom. The van der Waals surface area contributed by atoms with Crippen LogP contribution < -0.4 is 22.2 Å². The van der Waals surface area contributed by atoms with Crippen molar-refractivity contribution in [2.24, 2.45) is 0 Å². The number of halogens is 1. The van der Waals surface area contributed by atoms with Crippen molar-refractivity contribution < 1.29 is 4.79 Å². The number of nitrogens with two attached hydrogens (primary N) is 1. The molecule has 0 aliphatic carbocycles. The van der Waals surface area contributed by atoms with Gasteiger partial charge in [0, 0.05) is 17.2 Å². The first-order valence-corrected chi connectivity index (χ1v) is 5.98. The van der Waals surface area contributed by atoms with Gasteiger partial charge < -0.3 is 11.1 Å². The molecule has 0 radical (unpaired) electrons. The predicted molar refractivity (Wildman–Crippen MR) is 75.8 cm³/mol. The smallest absolute Gasteiger partial charge is 0.265 e. The Morgan fingerprint density at radius 1 is 1.30 bits per heavy atom. The maximum Gasteiger partial charge on any atom is 0.265 e. The van der Waals surface area contributed by atoms with Gasteiger partial charge in [0.15, 0.2) is 0 Å². The second-order valence-corrected chi connectivity index (χ2v) is 4.45. The molecule has 0 aliphatic heterocycles. The van der Waals surface area contributed by atoms with Crippen molar-refractivity contribution in [3.05, 3.63) is 56.1 Å². The van der Waals surface area contributed by atoms with E-state index in [1.807, 2.05) is 0 Å². The second kappa shape index (κ2) is 5.62. The van der Waals surface area contributed by atoms with Gasteiger partial charge in [-0.2, -0.15) is 0 Å². The summed E-state index contributed by atoms with van der Waals surface area (Å²) in [5, 5.41) is 5.18. The normalized spacial score (nSPS) is 10.2. The topological polar surface area (TPSA) is 110 Å². The van der Waals surface area contributed by atoms with Gasteiger partial charge in [0.2, 0.25) is 5.91 Å². The van der Waals surface area contributed by atoms with E-state index in [-0.39, 0.29) is 6.54 Å². The molecular weight excluding hydrogens is 284 g/mol. The maximum atomic E-state index is 11.8. The molecule has 0 atom stereocenters. The van der Waals surface area contributed by atoms with E-state index in [1.54, 1.807) is 12.1 Å². The summed E-state index contributed by atoms with van der Waals surface area (Å²) in [5.41, 5.74) is 5.41. The number of benzene rings is 1. The monoisotopic (exact) mass is 294 g/mol. The third-order valence-electron chi connectivity index (χ3n) is 2.48. The molecule has 1 heterocycles. The molecule has 0 saturated carbocycles. The van der Waals surface area contributed by atoms with Crippen LogP contribution in [0, 0.1) is 0 Å². The number of carbonyl (C=O) groups is 1. The summed E-state index contributed by atoms with van der Waals surface area (Å²) in [5.74, 6) is -0.511. The van der Waals surface area contributed by atoms with Gasteiger partial charge in [-0.1, -0.05) is 11.6 Å². The van der Waals surface area contributed by atoms with Crippen LogP contribution >= 0.6 is 11.6 Å². The molecule has 0 saturated heterocycles. The SMILES string of the molecule is Nc1ccc(Cl)cc1NC(=O)Cn1[nH]c(=O)ccc1=O. The lowest BCUT2D eigenvalue weighted by molar-refractivity contribution is -0.117. The van der Waals surface area contributed by atoms with Gasteiger partial charge >= 0.3 is 0 Å². The predicted octanol–water partition coefficient (Wildman–Crippen LogP) is 0.411. The summed E-state index contributed by atoms with van der Waals surface area (Å²) in [6.45, 7) is -0.332. The molecule has 8 heteroatoms. The molecule has 1 aromatic carbocycles. The molecule has 20 heavy (non-hydrogen) atoms. The van der Waals surface area contributed by atoms with Crippen LogP contribution in [0.3, 0.4) is 0 Å². The van der Waals surface area contributed by atoms with Crippen molar-refractivity contribution in [1.29, 1.82) is 0 Å². The molecule has 0 unspecified atom stereocenters. The van der Waals surface area contributed by atoms with E-state index in [1.165, 1.54) is 6.07 Å². The minimum Gasteiger partial charge on any atom is -0.397 e. The first-order valence-electron chi connectivity index (χ1n) is 5.61. The summed E-state index contributed by atoms with van der Waals surface area (Å²) in [7, 11) is 0. The van der Waals surface area contributed by atoms with Crippen LogP contribution in [-0.2, 0) is 11.3 Å². The van der Waals surface area contributed by atoms with Gasteiger partial charge in [-0.15, -0.1) is 0 Å². The fourth-order valence-electron chi connectivity index (χ4n) is 1.55. The molecule has 2 rings (SSSR count). The molecular formula is C12H11ClN4O3. The van der Waals surface area contributed by atoms with Crippen molar-refractivity contribution in [3.8, 4) is 0 Å². The largest absolute Gasteiger partial charge is 0.397 e. The van der Waals surface area contributed by atoms with E-state index >= 15 is 0 Å². The van der Waals surface area contributed by atoms with Crippen molar-refractivity contribution >= 4 is 28.9 Å². The van der Waals surface area contributed by atoms with Gasteiger partial charge in [0.1, 0.15) is 6.54 Å². The number of nitrogens with zero attached hydrogens (tertiary/aromatic N) is 1. The van der Waals surface area contributed by atoms with E-state index in [4.69, 9.17) is 17.3 Å². The third-order valence-corrected chi connectivity index (χ3v) is 2.71. The molecule has 2 aromatic rings. The lowest BCUT2D eigenvalue weighted by Gasteiger charge is -2.09. The molecule has 0 bridgehead atoms. The van der Waals surface area contributed by atoms with Crippen LogP contribution in [0.2, 0.25) is 5.02 Å². The molecule has 104 valence electrons. The number of nitrogens with one attached hydrogen (secondary N) is 2. The van der Waals surface area contributed by atoms with Gasteiger partial charge in [0.05, 0.1) is 11.4 Å². The highest BCUT2D eigenvalue weighted by molar-refractivity contribution is 6.31. The van der Waals surface area contributed by atoms with Crippen molar-refractivity contribution in [2.75, 3.05) is 11.1 Å². The zero-order valence-corrected chi connectivity index (χ0v) is 11.0. The number of aromatic amines is 1. The van der Waals surface area contributed by atoms with Crippen LogP contribution in [0.5, 0.6) is 0 Å². The molecule has 0 aliphatic rings. The van der Waals surface area contributed by atoms with Gasteiger partial charge in [0.25, 0.3) is 11.1 Å². The van der Waals surface area contributed by atoms with Crippen molar-refractivity contribution in [3.63, 3.8) is 0 Å². The Bertz CT molecular complexity index is 766. The summed E-state index contributed by atoms with van der Waals surface area (Å²) >= 11 is 5.80. The Labute approximate surface area is 118 Å². The van der Waals surface area contributed by atoms with Gasteiger partial charge in [-0.25, -0.2) is 4.68 Å². The van der Waals surface area contributed by atoms with E-state index in [0.29, 0.717) is 16.4 Å². The lowest BCUT2D eigenvalue weighted by Crippen LogP contribution is -2.32. The van der Waals surface area contributed by atoms with Crippen LogP contribution in [-0.4, -0.2) is 15.7 Å². The molecule has 0 spiro atoms. The molecule has 1 aromatic heterocycles. The fraction of sp³-hybridized carbons (Fsp3) is 0.0833. The Morgan fingerprint density at radius 3 is 2.80 bits per heavy atom. The number of rotatable bonds is 3. The summed E-state index contributed by atoms with van der Waals surface area (Å²) in [6, 6.07) is 6.80. The number of hydrogen-bond acceptors (Lipinski definition) is 4. The highest BCUT2D eigenvalue weighted by Gasteiger charge is 2.08. The number of nitrogen functional groups attached to an aromatic ring is 1. The minimum atomic E-state index is -0.511. The lowest BCUT2D eigenvalue weighted by atomic mass is 10.2. The number of anilines is 2. The van der Waals surface area contributed by atoms with Crippen LogP contribution in [0.1, 0.15) is 0 Å².